The number of rotatable bonds is 0. The second-order valence-corrected chi connectivity index (χ2v) is 2.92. The molecular weight excluding hydrogens is 106 g/mol. The lowest BCUT2D eigenvalue weighted by atomic mass is 10.3. The Balaban J connectivity index is 2.25. The molecule has 0 atom stereocenters. The van der Waals surface area contributed by atoms with Crippen molar-refractivity contribution >= 4 is 16.8 Å². The molecule has 1 fully saturated rings. The van der Waals surface area contributed by atoms with E-state index in [2.05, 4.69) is 0 Å². The van der Waals surface area contributed by atoms with Gasteiger partial charge in [0.25, 0.3) is 0 Å². The van der Waals surface area contributed by atoms with Crippen LogP contribution >= 0.6 is 11.8 Å². The second kappa shape index (κ2) is 2.36. The first kappa shape index (κ1) is 5.16. The fraction of sp³-hybridized carbons (Fsp3) is 0.800. The van der Waals surface area contributed by atoms with E-state index in [4.69, 9.17) is 5.41 Å². The van der Waals surface area contributed by atoms with Crippen LogP contribution < -0.4 is 0 Å². The van der Waals surface area contributed by atoms with Crippen LogP contribution in [0.25, 0.3) is 0 Å². The third kappa shape index (κ3) is 1.51. The van der Waals surface area contributed by atoms with E-state index in [-0.39, 0.29) is 0 Å². The zero-order valence-electron chi connectivity index (χ0n) is 4.24. The maximum absolute atomic E-state index is 7.15. The Kier molecular flexibility index (Phi) is 1.74. The van der Waals surface area contributed by atoms with Crippen molar-refractivity contribution in [1.29, 1.82) is 5.41 Å². The largest absolute Gasteiger partial charge is 0.298 e. The molecule has 2 heteroatoms. The van der Waals surface area contributed by atoms with Gasteiger partial charge in [0.05, 0.1) is 5.04 Å². The van der Waals surface area contributed by atoms with Gasteiger partial charge in [-0.25, -0.2) is 0 Å². The SMILES string of the molecule is N=C1CCCCS1. The third-order valence-electron chi connectivity index (χ3n) is 1.07. The molecular formula is C5H9NS. The molecule has 0 bridgehead atoms. The molecule has 0 spiro atoms. The van der Waals surface area contributed by atoms with Crippen LogP contribution in [0.5, 0.6) is 0 Å². The smallest absolute Gasteiger partial charge is 0.0641 e. The van der Waals surface area contributed by atoms with Crippen LogP contribution in [0.1, 0.15) is 19.3 Å². The molecule has 0 unspecified atom stereocenters. The lowest BCUT2D eigenvalue weighted by Crippen LogP contribution is -1.98. The predicted molar refractivity (Wildman–Crippen MR) is 34.0 cm³/mol. The summed E-state index contributed by atoms with van der Waals surface area (Å²) in [5.41, 5.74) is 0. The average molecular weight is 115 g/mol. The molecule has 7 heavy (non-hydrogen) atoms. The van der Waals surface area contributed by atoms with Gasteiger partial charge in [0.2, 0.25) is 0 Å². The van der Waals surface area contributed by atoms with E-state index in [0.29, 0.717) is 0 Å². The van der Waals surface area contributed by atoms with Gasteiger partial charge in [-0.15, -0.1) is 11.8 Å². The zero-order valence-corrected chi connectivity index (χ0v) is 5.05. The molecule has 0 aliphatic carbocycles. The summed E-state index contributed by atoms with van der Waals surface area (Å²) in [6.07, 6.45) is 3.59. The van der Waals surface area contributed by atoms with Gasteiger partial charge >= 0.3 is 0 Å². The highest BCUT2D eigenvalue weighted by atomic mass is 32.2. The van der Waals surface area contributed by atoms with Gasteiger partial charge in [-0.3, -0.25) is 5.41 Å². The van der Waals surface area contributed by atoms with Crippen LogP contribution in [0.2, 0.25) is 0 Å². The van der Waals surface area contributed by atoms with E-state index in [1.54, 1.807) is 11.8 Å². The Morgan fingerprint density at radius 1 is 1.43 bits per heavy atom. The lowest BCUT2D eigenvalue weighted by molar-refractivity contribution is 0.837. The minimum atomic E-state index is 0.881. The minimum absolute atomic E-state index is 0.881. The van der Waals surface area contributed by atoms with Gasteiger partial charge in [-0.05, 0) is 25.0 Å². The number of hydrogen-bond acceptors (Lipinski definition) is 2. The summed E-state index contributed by atoms with van der Waals surface area (Å²) >= 11 is 1.70. The van der Waals surface area contributed by atoms with E-state index < -0.39 is 0 Å². The third-order valence-corrected chi connectivity index (χ3v) is 2.12. The van der Waals surface area contributed by atoms with Gasteiger partial charge in [0.1, 0.15) is 0 Å². The van der Waals surface area contributed by atoms with Crippen molar-refractivity contribution in [3.8, 4) is 0 Å². The van der Waals surface area contributed by atoms with Gasteiger partial charge in [-0.2, -0.15) is 0 Å². The summed E-state index contributed by atoms with van der Waals surface area (Å²) in [4.78, 5) is 0. The maximum atomic E-state index is 7.15. The highest BCUT2D eigenvalue weighted by Gasteiger charge is 2.02. The Morgan fingerprint density at radius 2 is 2.29 bits per heavy atom. The fourth-order valence-electron chi connectivity index (χ4n) is 0.655. The van der Waals surface area contributed by atoms with Crippen LogP contribution in [0.4, 0.5) is 0 Å². The molecule has 40 valence electrons. The molecule has 1 rings (SSSR count). The fourth-order valence-corrected chi connectivity index (χ4v) is 1.54. The molecule has 1 N–H and O–H groups in total. The summed E-state index contributed by atoms with van der Waals surface area (Å²) in [6, 6.07) is 0. The molecule has 0 aromatic rings. The maximum Gasteiger partial charge on any atom is 0.0641 e. The molecule has 1 aliphatic rings. The second-order valence-electron chi connectivity index (χ2n) is 1.73. The van der Waals surface area contributed by atoms with Crippen molar-refractivity contribution in [2.45, 2.75) is 19.3 Å². The predicted octanol–water partition coefficient (Wildman–Crippen LogP) is 1.88. The lowest BCUT2D eigenvalue weighted by Gasteiger charge is -2.07. The van der Waals surface area contributed by atoms with E-state index in [1.165, 1.54) is 18.6 Å². The highest BCUT2D eigenvalue weighted by molar-refractivity contribution is 8.13. The Bertz CT molecular complexity index is 72.1. The monoisotopic (exact) mass is 115 g/mol. The van der Waals surface area contributed by atoms with Crippen LogP contribution in [0.15, 0.2) is 0 Å². The standard InChI is InChI=1S/C5H9NS/c6-5-3-1-2-4-7-5/h6H,1-4H2. The summed E-state index contributed by atoms with van der Waals surface area (Å²) in [5, 5.41) is 8.03. The summed E-state index contributed by atoms with van der Waals surface area (Å²) in [6.45, 7) is 0. The highest BCUT2D eigenvalue weighted by Crippen LogP contribution is 2.17. The number of thioether (sulfide) groups is 1. The summed E-state index contributed by atoms with van der Waals surface area (Å²) < 4.78 is 0. The Labute approximate surface area is 48.0 Å². The Hall–Kier alpha value is 0.0200. The van der Waals surface area contributed by atoms with Crippen molar-refractivity contribution in [3.05, 3.63) is 0 Å². The van der Waals surface area contributed by atoms with Gasteiger partial charge in [0, 0.05) is 0 Å². The minimum Gasteiger partial charge on any atom is -0.298 e. The summed E-state index contributed by atoms with van der Waals surface area (Å²) in [5.74, 6) is 1.18. The first-order chi connectivity index (χ1) is 3.39. The van der Waals surface area contributed by atoms with Gasteiger partial charge < -0.3 is 0 Å². The van der Waals surface area contributed by atoms with Gasteiger partial charge in [-0.1, -0.05) is 0 Å². The van der Waals surface area contributed by atoms with Crippen LogP contribution in [0, 0.1) is 5.41 Å². The molecule has 1 nitrogen and oxygen atoms in total. The van der Waals surface area contributed by atoms with Gasteiger partial charge in [0.15, 0.2) is 0 Å². The molecule has 1 aliphatic heterocycles. The van der Waals surface area contributed by atoms with Crippen LogP contribution in [-0.2, 0) is 0 Å². The van der Waals surface area contributed by atoms with Crippen molar-refractivity contribution in [3.63, 3.8) is 0 Å². The normalized spacial score (nSPS) is 22.6. The van der Waals surface area contributed by atoms with Crippen molar-refractivity contribution < 1.29 is 0 Å². The molecule has 0 aromatic carbocycles. The van der Waals surface area contributed by atoms with Crippen LogP contribution in [-0.4, -0.2) is 10.8 Å². The molecule has 1 heterocycles. The Morgan fingerprint density at radius 3 is 2.57 bits per heavy atom. The van der Waals surface area contributed by atoms with E-state index in [0.717, 1.165) is 11.5 Å². The van der Waals surface area contributed by atoms with Crippen molar-refractivity contribution in [2.75, 3.05) is 5.75 Å². The van der Waals surface area contributed by atoms with Crippen molar-refractivity contribution in [1.82, 2.24) is 0 Å². The molecule has 1 saturated heterocycles. The van der Waals surface area contributed by atoms with E-state index >= 15 is 0 Å². The number of hydrogen-bond donors (Lipinski definition) is 1. The number of nitrogens with one attached hydrogen (secondary N) is 1. The first-order valence-corrected chi connectivity index (χ1v) is 3.58. The van der Waals surface area contributed by atoms with Crippen LogP contribution in [0.3, 0.4) is 0 Å². The van der Waals surface area contributed by atoms with E-state index in [9.17, 15) is 0 Å². The zero-order chi connectivity index (χ0) is 5.11. The van der Waals surface area contributed by atoms with Crippen molar-refractivity contribution in [2.24, 2.45) is 0 Å². The average Bonchev–Trinajstić information content (AvgIpc) is 1.69. The van der Waals surface area contributed by atoms with E-state index in [1.807, 2.05) is 0 Å². The molecule has 0 amide bonds. The first-order valence-electron chi connectivity index (χ1n) is 2.60. The molecule has 0 aromatic heterocycles. The molecule has 0 radical (unpaired) electrons. The summed E-state index contributed by atoms with van der Waals surface area (Å²) in [7, 11) is 0. The molecule has 0 saturated carbocycles. The quantitative estimate of drug-likeness (QED) is 0.512. The topological polar surface area (TPSA) is 23.9 Å².